The highest BCUT2D eigenvalue weighted by molar-refractivity contribution is 6.03. The topological polar surface area (TPSA) is 52.7 Å². The first-order valence-corrected chi connectivity index (χ1v) is 9.63. The van der Waals surface area contributed by atoms with Crippen molar-refractivity contribution < 1.29 is 9.59 Å². The van der Waals surface area contributed by atoms with Gasteiger partial charge in [-0.05, 0) is 61.7 Å². The van der Waals surface area contributed by atoms with Crippen LogP contribution in [0.15, 0.2) is 48.5 Å². The predicted octanol–water partition coefficient (Wildman–Crippen LogP) is 3.59. The van der Waals surface area contributed by atoms with Crippen molar-refractivity contribution in [3.05, 3.63) is 54.1 Å². The second-order valence-corrected chi connectivity index (χ2v) is 7.47. The van der Waals surface area contributed by atoms with E-state index in [1.807, 2.05) is 43.3 Å². The van der Waals surface area contributed by atoms with Gasteiger partial charge in [0.25, 0.3) is 0 Å². The molecule has 5 nitrogen and oxygen atoms in total. The van der Waals surface area contributed by atoms with Crippen LogP contribution in [0.25, 0.3) is 0 Å². The van der Waals surface area contributed by atoms with Crippen molar-refractivity contribution in [1.82, 2.24) is 0 Å². The second-order valence-electron chi connectivity index (χ2n) is 7.47. The number of hydrogen-bond acceptors (Lipinski definition) is 3. The van der Waals surface area contributed by atoms with Gasteiger partial charge in [0.2, 0.25) is 11.8 Å². The van der Waals surface area contributed by atoms with Crippen LogP contribution in [0.4, 0.5) is 17.1 Å². The summed E-state index contributed by atoms with van der Waals surface area (Å²) in [5.74, 6) is -0.408. The van der Waals surface area contributed by atoms with E-state index in [1.54, 1.807) is 4.90 Å². The number of carbonyl (C=O) groups is 2. The summed E-state index contributed by atoms with van der Waals surface area (Å²) in [4.78, 5) is 29.2. The minimum absolute atomic E-state index is 0.00770. The molecule has 0 spiro atoms. The minimum atomic E-state index is -0.323. The van der Waals surface area contributed by atoms with Crippen molar-refractivity contribution in [2.45, 2.75) is 26.2 Å². The smallest absolute Gasteiger partial charge is 0.229 e. The van der Waals surface area contributed by atoms with Gasteiger partial charge < -0.3 is 15.1 Å². The fraction of sp³-hybridized carbons (Fsp3) is 0.364. The van der Waals surface area contributed by atoms with Gasteiger partial charge >= 0.3 is 0 Å². The highest BCUT2D eigenvalue weighted by Gasteiger charge is 2.35. The second kappa shape index (κ2) is 7.43. The van der Waals surface area contributed by atoms with E-state index in [1.165, 1.54) is 18.5 Å². The van der Waals surface area contributed by atoms with Crippen LogP contribution in [0.1, 0.15) is 24.8 Å². The van der Waals surface area contributed by atoms with Crippen molar-refractivity contribution >= 4 is 28.9 Å². The molecule has 2 aliphatic rings. The monoisotopic (exact) mass is 363 g/mol. The molecule has 1 atom stereocenters. The molecule has 2 saturated heterocycles. The quantitative estimate of drug-likeness (QED) is 0.903. The molecule has 140 valence electrons. The SMILES string of the molecule is Cc1cccc(NC(=O)C2CC(=O)N(c3ccc(N4CCCC4)cc3)C2)c1. The Morgan fingerprint density at radius 2 is 1.74 bits per heavy atom. The number of carbonyl (C=O) groups excluding carboxylic acids is 2. The summed E-state index contributed by atoms with van der Waals surface area (Å²) >= 11 is 0. The third-order valence-electron chi connectivity index (χ3n) is 5.41. The molecule has 2 aromatic carbocycles. The molecule has 27 heavy (non-hydrogen) atoms. The van der Waals surface area contributed by atoms with Crippen LogP contribution in [0.2, 0.25) is 0 Å². The van der Waals surface area contributed by atoms with Crippen LogP contribution in [0, 0.1) is 12.8 Å². The molecule has 0 radical (unpaired) electrons. The van der Waals surface area contributed by atoms with E-state index in [4.69, 9.17) is 0 Å². The molecule has 0 bridgehead atoms. The zero-order valence-electron chi connectivity index (χ0n) is 15.6. The molecule has 2 amide bonds. The first-order valence-electron chi connectivity index (χ1n) is 9.63. The van der Waals surface area contributed by atoms with Gasteiger partial charge in [0.05, 0.1) is 5.92 Å². The van der Waals surface area contributed by atoms with E-state index in [0.29, 0.717) is 6.54 Å². The van der Waals surface area contributed by atoms with Crippen molar-refractivity contribution in [3.8, 4) is 0 Å². The van der Waals surface area contributed by atoms with Crippen LogP contribution in [0.5, 0.6) is 0 Å². The number of amides is 2. The van der Waals surface area contributed by atoms with E-state index in [-0.39, 0.29) is 24.2 Å². The van der Waals surface area contributed by atoms with Gasteiger partial charge in [0.1, 0.15) is 0 Å². The lowest BCUT2D eigenvalue weighted by Crippen LogP contribution is -2.28. The third kappa shape index (κ3) is 3.82. The van der Waals surface area contributed by atoms with Crippen molar-refractivity contribution in [1.29, 1.82) is 0 Å². The summed E-state index contributed by atoms with van der Waals surface area (Å²) in [7, 11) is 0. The van der Waals surface area contributed by atoms with Crippen LogP contribution in [-0.4, -0.2) is 31.4 Å². The predicted molar refractivity (Wildman–Crippen MR) is 108 cm³/mol. The summed E-state index contributed by atoms with van der Waals surface area (Å²) in [6, 6.07) is 15.8. The lowest BCUT2D eigenvalue weighted by Gasteiger charge is -2.20. The molecule has 4 rings (SSSR count). The third-order valence-corrected chi connectivity index (χ3v) is 5.41. The molecular weight excluding hydrogens is 338 g/mol. The number of benzene rings is 2. The Hall–Kier alpha value is -2.82. The van der Waals surface area contributed by atoms with Gasteiger partial charge in [-0.15, -0.1) is 0 Å². The van der Waals surface area contributed by atoms with Crippen molar-refractivity contribution in [3.63, 3.8) is 0 Å². The number of nitrogens with one attached hydrogen (secondary N) is 1. The van der Waals surface area contributed by atoms with Crippen LogP contribution >= 0.6 is 0 Å². The fourth-order valence-corrected chi connectivity index (χ4v) is 3.92. The Labute approximate surface area is 160 Å². The highest BCUT2D eigenvalue weighted by atomic mass is 16.2. The number of rotatable bonds is 4. The number of hydrogen-bond donors (Lipinski definition) is 1. The number of aryl methyl sites for hydroxylation is 1. The zero-order valence-corrected chi connectivity index (χ0v) is 15.6. The molecule has 0 saturated carbocycles. The van der Waals surface area contributed by atoms with E-state index in [9.17, 15) is 9.59 Å². The number of nitrogens with zero attached hydrogens (tertiary/aromatic N) is 2. The van der Waals surface area contributed by atoms with Gasteiger partial charge in [-0.2, -0.15) is 0 Å². The van der Waals surface area contributed by atoms with Crippen molar-refractivity contribution in [2.75, 3.05) is 34.8 Å². The van der Waals surface area contributed by atoms with Crippen LogP contribution in [-0.2, 0) is 9.59 Å². The average Bonchev–Trinajstić information content (AvgIpc) is 3.32. The molecule has 2 heterocycles. The Balaban J connectivity index is 1.41. The first-order chi connectivity index (χ1) is 13.1. The minimum Gasteiger partial charge on any atom is -0.372 e. The van der Waals surface area contributed by atoms with Gasteiger partial charge in [-0.1, -0.05) is 12.1 Å². The molecule has 2 aliphatic heterocycles. The zero-order chi connectivity index (χ0) is 18.8. The Morgan fingerprint density at radius 1 is 1.04 bits per heavy atom. The molecule has 1 N–H and O–H groups in total. The molecule has 0 aromatic heterocycles. The summed E-state index contributed by atoms with van der Waals surface area (Å²) in [5.41, 5.74) is 3.95. The normalized spacial score (nSPS) is 19.6. The fourth-order valence-electron chi connectivity index (χ4n) is 3.92. The van der Waals surface area contributed by atoms with E-state index in [0.717, 1.165) is 30.0 Å². The van der Waals surface area contributed by atoms with Crippen molar-refractivity contribution in [2.24, 2.45) is 5.92 Å². The Kier molecular flexibility index (Phi) is 4.84. The molecule has 5 heteroatoms. The maximum Gasteiger partial charge on any atom is 0.229 e. The Morgan fingerprint density at radius 3 is 2.44 bits per heavy atom. The highest BCUT2D eigenvalue weighted by Crippen LogP contribution is 2.29. The molecule has 2 fully saturated rings. The van der Waals surface area contributed by atoms with E-state index >= 15 is 0 Å². The van der Waals surface area contributed by atoms with E-state index < -0.39 is 0 Å². The molecule has 0 aliphatic carbocycles. The largest absolute Gasteiger partial charge is 0.372 e. The molecular formula is C22H25N3O2. The van der Waals surface area contributed by atoms with Crippen LogP contribution in [0.3, 0.4) is 0 Å². The molecule has 1 unspecified atom stereocenters. The van der Waals surface area contributed by atoms with Crippen LogP contribution < -0.4 is 15.1 Å². The Bertz CT molecular complexity index is 841. The summed E-state index contributed by atoms with van der Waals surface area (Å²) in [5, 5.41) is 2.94. The molecule has 2 aromatic rings. The maximum atomic E-state index is 12.6. The average molecular weight is 363 g/mol. The summed E-state index contributed by atoms with van der Waals surface area (Å²) in [6.45, 7) is 4.62. The standard InChI is InChI=1S/C22H25N3O2/c1-16-5-4-6-18(13-16)23-22(27)17-14-21(26)25(15-17)20-9-7-19(8-10-20)24-11-2-3-12-24/h4-10,13,17H,2-3,11-12,14-15H2,1H3,(H,23,27). The van der Waals surface area contributed by atoms with Gasteiger partial charge in [-0.25, -0.2) is 0 Å². The van der Waals surface area contributed by atoms with Gasteiger partial charge in [0.15, 0.2) is 0 Å². The summed E-state index contributed by atoms with van der Waals surface area (Å²) < 4.78 is 0. The maximum absolute atomic E-state index is 12.6. The number of anilines is 3. The van der Waals surface area contributed by atoms with Gasteiger partial charge in [0, 0.05) is 43.1 Å². The summed E-state index contributed by atoms with van der Waals surface area (Å²) in [6.07, 6.45) is 2.74. The first kappa shape index (κ1) is 17.6. The van der Waals surface area contributed by atoms with E-state index in [2.05, 4.69) is 22.3 Å². The van der Waals surface area contributed by atoms with Gasteiger partial charge in [-0.3, -0.25) is 9.59 Å². The lowest BCUT2D eigenvalue weighted by molar-refractivity contribution is -0.122. The lowest BCUT2D eigenvalue weighted by atomic mass is 10.1.